The molecule has 1 aromatic heterocycles. The molecule has 0 radical (unpaired) electrons. The Morgan fingerprint density at radius 1 is 0.857 bits per heavy atom. The van der Waals surface area contributed by atoms with Gasteiger partial charge in [-0.05, 0) is 43.0 Å². The topological polar surface area (TPSA) is 28.1 Å². The van der Waals surface area contributed by atoms with E-state index in [1.165, 1.54) is 44.1 Å². The van der Waals surface area contributed by atoms with Gasteiger partial charge in [-0.2, -0.15) is 0 Å². The van der Waals surface area contributed by atoms with Crippen molar-refractivity contribution in [2.75, 3.05) is 0 Å². The van der Waals surface area contributed by atoms with E-state index in [-0.39, 0.29) is 0 Å². The fourth-order valence-electron chi connectivity index (χ4n) is 3.75. The van der Waals surface area contributed by atoms with Crippen LogP contribution in [0.25, 0.3) is 21.8 Å². The van der Waals surface area contributed by atoms with Gasteiger partial charge in [0.1, 0.15) is 0 Å². The minimum absolute atomic E-state index is 0.724. The van der Waals surface area contributed by atoms with Crippen molar-refractivity contribution in [1.82, 2.24) is 4.98 Å². The molecule has 0 unspecified atom stereocenters. The predicted molar refractivity (Wildman–Crippen MR) is 124 cm³/mol. The number of aromatic nitrogens is 1. The molecule has 0 saturated heterocycles. The fraction of sp³-hybridized carbons (Fsp3) is 0.269. The number of aryl methyl sites for hydroxylation is 1. The van der Waals surface area contributed by atoms with Gasteiger partial charge < -0.3 is 4.98 Å². The lowest BCUT2D eigenvalue weighted by molar-refractivity contribution is 1.01. The Balaban J connectivity index is 0.00000109. The molecule has 2 heteroatoms. The Labute approximate surface area is 168 Å². The third kappa shape index (κ3) is 3.73. The summed E-state index contributed by atoms with van der Waals surface area (Å²) in [7, 11) is 0. The molecule has 144 valence electrons. The molecule has 0 fully saturated rings. The third-order valence-corrected chi connectivity index (χ3v) is 5.36. The van der Waals surface area contributed by atoms with Crippen molar-refractivity contribution in [1.29, 1.82) is 0 Å². The zero-order valence-corrected chi connectivity index (χ0v) is 17.6. The number of aromatic amines is 1. The molecular formula is C26H30N2. The summed E-state index contributed by atoms with van der Waals surface area (Å²) in [6.45, 7) is 11.2. The normalized spacial score (nSPS) is 11.5. The lowest BCUT2D eigenvalue weighted by Crippen LogP contribution is -1.99. The molecule has 0 saturated carbocycles. The molecular weight excluding hydrogens is 340 g/mol. The monoisotopic (exact) mass is 370 g/mol. The SMILES string of the molecule is CC.CCc1cccc(CN=C(C)c2cccc3c2[nH]c2ccccc23)c1C. The lowest BCUT2D eigenvalue weighted by Gasteiger charge is -2.09. The Kier molecular flexibility index (Phi) is 6.30. The Hall–Kier alpha value is -2.87. The Bertz CT molecular complexity index is 1120. The van der Waals surface area contributed by atoms with E-state index in [1.807, 2.05) is 13.8 Å². The van der Waals surface area contributed by atoms with Gasteiger partial charge in [-0.1, -0.05) is 75.4 Å². The average Bonchev–Trinajstić information content (AvgIpc) is 3.13. The highest BCUT2D eigenvalue weighted by Crippen LogP contribution is 2.28. The minimum atomic E-state index is 0.724. The maximum Gasteiger partial charge on any atom is 0.0645 e. The number of fused-ring (bicyclic) bond motifs is 3. The molecule has 4 aromatic rings. The van der Waals surface area contributed by atoms with Gasteiger partial charge in [0.2, 0.25) is 0 Å². The summed E-state index contributed by atoms with van der Waals surface area (Å²) in [5.74, 6) is 0. The number of aliphatic imine (C=N–C) groups is 1. The molecule has 4 rings (SSSR count). The zero-order valence-electron chi connectivity index (χ0n) is 17.6. The van der Waals surface area contributed by atoms with Crippen LogP contribution in [0.5, 0.6) is 0 Å². The molecule has 1 heterocycles. The molecule has 0 amide bonds. The summed E-state index contributed by atoms with van der Waals surface area (Å²) >= 11 is 0. The summed E-state index contributed by atoms with van der Waals surface area (Å²) in [5.41, 5.74) is 8.70. The molecule has 3 aromatic carbocycles. The second-order valence-electron chi connectivity index (χ2n) is 6.86. The molecule has 28 heavy (non-hydrogen) atoms. The van der Waals surface area contributed by atoms with Crippen LogP contribution in [-0.4, -0.2) is 10.7 Å². The highest BCUT2D eigenvalue weighted by atomic mass is 14.8. The second-order valence-corrected chi connectivity index (χ2v) is 6.86. The van der Waals surface area contributed by atoms with Crippen LogP contribution in [0.2, 0.25) is 0 Å². The molecule has 0 aliphatic rings. The van der Waals surface area contributed by atoms with Gasteiger partial charge in [0.15, 0.2) is 0 Å². The van der Waals surface area contributed by atoms with Crippen molar-refractivity contribution in [2.45, 2.75) is 47.6 Å². The predicted octanol–water partition coefficient (Wildman–Crippen LogP) is 7.23. The number of benzene rings is 3. The van der Waals surface area contributed by atoms with Crippen LogP contribution < -0.4 is 0 Å². The number of hydrogen-bond donors (Lipinski definition) is 1. The molecule has 0 spiro atoms. The van der Waals surface area contributed by atoms with Gasteiger partial charge in [-0.3, -0.25) is 4.99 Å². The number of H-pyrrole nitrogens is 1. The van der Waals surface area contributed by atoms with Crippen LogP contribution in [-0.2, 0) is 13.0 Å². The number of para-hydroxylation sites is 2. The van der Waals surface area contributed by atoms with E-state index >= 15 is 0 Å². The van der Waals surface area contributed by atoms with E-state index in [4.69, 9.17) is 4.99 Å². The Morgan fingerprint density at radius 3 is 2.32 bits per heavy atom. The molecule has 0 aliphatic carbocycles. The smallest absolute Gasteiger partial charge is 0.0645 e. The van der Waals surface area contributed by atoms with Crippen molar-refractivity contribution in [3.8, 4) is 0 Å². The summed E-state index contributed by atoms with van der Waals surface area (Å²) in [6, 6.07) is 21.5. The van der Waals surface area contributed by atoms with Crippen LogP contribution in [0, 0.1) is 6.92 Å². The van der Waals surface area contributed by atoms with Crippen LogP contribution in [0.4, 0.5) is 0 Å². The van der Waals surface area contributed by atoms with Crippen LogP contribution in [0.3, 0.4) is 0 Å². The zero-order chi connectivity index (χ0) is 20.1. The first-order chi connectivity index (χ1) is 13.7. The van der Waals surface area contributed by atoms with Crippen molar-refractivity contribution in [3.05, 3.63) is 82.9 Å². The first kappa shape index (κ1) is 19.9. The van der Waals surface area contributed by atoms with Crippen LogP contribution in [0.15, 0.2) is 65.7 Å². The number of hydrogen-bond acceptors (Lipinski definition) is 1. The largest absolute Gasteiger partial charge is 0.354 e. The number of nitrogens with zero attached hydrogens (tertiary/aromatic N) is 1. The van der Waals surface area contributed by atoms with Gasteiger partial charge >= 0.3 is 0 Å². The lowest BCUT2D eigenvalue weighted by atomic mass is 10.0. The van der Waals surface area contributed by atoms with E-state index in [9.17, 15) is 0 Å². The average molecular weight is 371 g/mol. The van der Waals surface area contributed by atoms with Crippen molar-refractivity contribution in [2.24, 2.45) is 4.99 Å². The van der Waals surface area contributed by atoms with E-state index in [0.717, 1.165) is 18.7 Å². The molecule has 0 bridgehead atoms. The maximum absolute atomic E-state index is 4.92. The Morgan fingerprint density at radius 2 is 1.54 bits per heavy atom. The van der Waals surface area contributed by atoms with Crippen molar-refractivity contribution in [3.63, 3.8) is 0 Å². The number of rotatable bonds is 4. The fourth-order valence-corrected chi connectivity index (χ4v) is 3.75. The van der Waals surface area contributed by atoms with Gasteiger partial charge in [0, 0.05) is 27.6 Å². The number of nitrogens with one attached hydrogen (secondary N) is 1. The minimum Gasteiger partial charge on any atom is -0.354 e. The molecule has 0 atom stereocenters. The van der Waals surface area contributed by atoms with Crippen LogP contribution in [0.1, 0.15) is 49.9 Å². The molecule has 1 N–H and O–H groups in total. The second kappa shape index (κ2) is 8.88. The van der Waals surface area contributed by atoms with Gasteiger partial charge in [-0.25, -0.2) is 0 Å². The summed E-state index contributed by atoms with van der Waals surface area (Å²) in [6.07, 6.45) is 1.07. The van der Waals surface area contributed by atoms with Crippen LogP contribution >= 0.6 is 0 Å². The highest BCUT2D eigenvalue weighted by molar-refractivity contribution is 6.16. The van der Waals surface area contributed by atoms with Gasteiger partial charge in [0.25, 0.3) is 0 Å². The van der Waals surface area contributed by atoms with E-state index < -0.39 is 0 Å². The van der Waals surface area contributed by atoms with E-state index in [2.05, 4.69) is 86.4 Å². The molecule has 0 aliphatic heterocycles. The third-order valence-electron chi connectivity index (χ3n) is 5.36. The quantitative estimate of drug-likeness (QED) is 0.367. The standard InChI is InChI=1S/C24H24N2.C2H6/c1-4-18-9-7-10-19(16(18)2)15-25-17(3)20-12-8-13-22-21-11-5-6-14-23(21)26-24(20)22;1-2/h5-14,26H,4,15H2,1-3H3;1-2H3. The molecule has 2 nitrogen and oxygen atoms in total. The first-order valence-electron chi connectivity index (χ1n) is 10.3. The summed E-state index contributed by atoms with van der Waals surface area (Å²) in [4.78, 5) is 8.49. The van der Waals surface area contributed by atoms with E-state index in [1.54, 1.807) is 0 Å². The van der Waals surface area contributed by atoms with Crippen molar-refractivity contribution < 1.29 is 0 Å². The van der Waals surface area contributed by atoms with Gasteiger partial charge in [-0.15, -0.1) is 0 Å². The van der Waals surface area contributed by atoms with Crippen molar-refractivity contribution >= 4 is 27.5 Å². The summed E-state index contributed by atoms with van der Waals surface area (Å²) < 4.78 is 0. The van der Waals surface area contributed by atoms with Gasteiger partial charge in [0.05, 0.1) is 12.1 Å². The highest BCUT2D eigenvalue weighted by Gasteiger charge is 2.09. The first-order valence-corrected chi connectivity index (χ1v) is 10.3. The summed E-state index contributed by atoms with van der Waals surface area (Å²) in [5, 5.41) is 2.53. The van der Waals surface area contributed by atoms with E-state index in [0.29, 0.717) is 0 Å². The maximum atomic E-state index is 4.92.